The highest BCUT2D eigenvalue weighted by atomic mass is 32.1. The van der Waals surface area contributed by atoms with Crippen LogP contribution in [0.25, 0.3) is 0 Å². The number of aliphatic hydroxyl groups is 1. The fraction of sp³-hybridized carbons (Fsp3) is 0.688. The van der Waals surface area contributed by atoms with Gasteiger partial charge in [-0.15, -0.1) is 11.3 Å². The Morgan fingerprint density at radius 3 is 2.55 bits per heavy atom. The Balaban J connectivity index is 1.88. The van der Waals surface area contributed by atoms with Gasteiger partial charge in [-0.1, -0.05) is 20.8 Å². The van der Waals surface area contributed by atoms with Crippen molar-refractivity contribution in [1.29, 1.82) is 0 Å². The van der Waals surface area contributed by atoms with E-state index in [0.717, 1.165) is 13.1 Å². The average molecular weight is 326 g/mol. The molecule has 6 heteroatoms. The molecule has 2 heterocycles. The van der Waals surface area contributed by atoms with Crippen LogP contribution in [-0.2, 0) is 0 Å². The van der Waals surface area contributed by atoms with Crippen molar-refractivity contribution in [3.8, 4) is 5.75 Å². The number of carbonyl (C=O) groups is 1. The summed E-state index contributed by atoms with van der Waals surface area (Å²) in [5.74, 6) is 0.698. The molecular weight excluding hydrogens is 300 g/mol. The topological polar surface area (TPSA) is 53.0 Å². The summed E-state index contributed by atoms with van der Waals surface area (Å²) in [6.45, 7) is 9.77. The average Bonchev–Trinajstić information content (AvgIpc) is 2.94. The lowest BCUT2D eigenvalue weighted by Gasteiger charge is -2.37. The number of aliphatic hydroxyl groups excluding tert-OH is 1. The number of methoxy groups -OCH3 is 1. The fourth-order valence-corrected chi connectivity index (χ4v) is 3.23. The van der Waals surface area contributed by atoms with Crippen molar-refractivity contribution in [3.63, 3.8) is 0 Å². The summed E-state index contributed by atoms with van der Waals surface area (Å²) in [6.07, 6.45) is -0.354. The van der Waals surface area contributed by atoms with Gasteiger partial charge in [-0.05, 0) is 16.9 Å². The molecule has 1 amide bonds. The molecule has 1 saturated heterocycles. The van der Waals surface area contributed by atoms with Crippen molar-refractivity contribution in [3.05, 3.63) is 16.3 Å². The Labute approximate surface area is 136 Å². The van der Waals surface area contributed by atoms with Gasteiger partial charge in [0.1, 0.15) is 10.6 Å². The maximum absolute atomic E-state index is 12.5. The summed E-state index contributed by atoms with van der Waals surface area (Å²) in [5, 5.41) is 12.1. The predicted octanol–water partition coefficient (Wildman–Crippen LogP) is 1.92. The van der Waals surface area contributed by atoms with Gasteiger partial charge in [0.05, 0.1) is 13.2 Å². The van der Waals surface area contributed by atoms with Crippen LogP contribution in [0.5, 0.6) is 5.75 Å². The fourth-order valence-electron chi connectivity index (χ4n) is 2.41. The first-order valence-electron chi connectivity index (χ1n) is 7.64. The van der Waals surface area contributed by atoms with Crippen molar-refractivity contribution >= 4 is 17.2 Å². The van der Waals surface area contributed by atoms with Crippen molar-refractivity contribution in [1.82, 2.24) is 9.80 Å². The highest BCUT2D eigenvalue weighted by molar-refractivity contribution is 7.12. The summed E-state index contributed by atoms with van der Waals surface area (Å²) >= 11 is 1.42. The van der Waals surface area contributed by atoms with Crippen LogP contribution in [0, 0.1) is 5.41 Å². The lowest BCUT2D eigenvalue weighted by atomic mass is 9.89. The summed E-state index contributed by atoms with van der Waals surface area (Å²) in [4.78, 5) is 17.3. The van der Waals surface area contributed by atoms with Crippen LogP contribution in [0.3, 0.4) is 0 Å². The lowest BCUT2D eigenvalue weighted by Crippen LogP contribution is -2.51. The van der Waals surface area contributed by atoms with E-state index in [1.54, 1.807) is 7.11 Å². The smallest absolute Gasteiger partial charge is 0.267 e. The van der Waals surface area contributed by atoms with Crippen molar-refractivity contribution in [2.75, 3.05) is 39.8 Å². The SMILES string of the molecule is COc1ccsc1C(=O)N1CCN(C[C@H](O)C(C)(C)C)CC1. The lowest BCUT2D eigenvalue weighted by molar-refractivity contribution is 0.0137. The minimum atomic E-state index is -0.354. The van der Waals surface area contributed by atoms with E-state index in [0.29, 0.717) is 30.3 Å². The maximum atomic E-state index is 12.5. The summed E-state index contributed by atoms with van der Waals surface area (Å²) in [7, 11) is 1.59. The van der Waals surface area contributed by atoms with Gasteiger partial charge in [0.2, 0.25) is 0 Å². The Hall–Kier alpha value is -1.11. The van der Waals surface area contributed by atoms with Gasteiger partial charge in [0.25, 0.3) is 5.91 Å². The molecule has 1 aromatic rings. The van der Waals surface area contributed by atoms with Crippen LogP contribution >= 0.6 is 11.3 Å². The van der Waals surface area contributed by atoms with Crippen LogP contribution in [-0.4, -0.2) is 66.8 Å². The van der Waals surface area contributed by atoms with Gasteiger partial charge in [0.15, 0.2) is 0 Å². The zero-order valence-corrected chi connectivity index (χ0v) is 14.7. The zero-order valence-electron chi connectivity index (χ0n) is 13.8. The molecule has 0 radical (unpaired) electrons. The molecule has 22 heavy (non-hydrogen) atoms. The van der Waals surface area contributed by atoms with Gasteiger partial charge in [-0.2, -0.15) is 0 Å². The number of hydrogen-bond acceptors (Lipinski definition) is 5. The minimum absolute atomic E-state index is 0.0443. The summed E-state index contributed by atoms with van der Waals surface area (Å²) in [6, 6.07) is 1.83. The molecule has 0 saturated carbocycles. The molecule has 0 aromatic carbocycles. The van der Waals surface area contributed by atoms with Crippen molar-refractivity contribution < 1.29 is 14.6 Å². The second kappa shape index (κ2) is 6.98. The van der Waals surface area contributed by atoms with Crippen molar-refractivity contribution in [2.24, 2.45) is 5.41 Å². The third kappa shape index (κ3) is 4.00. The number of hydrogen-bond donors (Lipinski definition) is 1. The van der Waals surface area contributed by atoms with Crippen molar-refractivity contribution in [2.45, 2.75) is 26.9 Å². The number of piperazine rings is 1. The molecule has 124 valence electrons. The third-order valence-electron chi connectivity index (χ3n) is 4.13. The highest BCUT2D eigenvalue weighted by Crippen LogP contribution is 2.26. The van der Waals surface area contributed by atoms with E-state index in [4.69, 9.17) is 4.74 Å². The van der Waals surface area contributed by atoms with Crippen LogP contribution in [0.15, 0.2) is 11.4 Å². The first-order chi connectivity index (χ1) is 10.3. The quantitative estimate of drug-likeness (QED) is 0.918. The number of amides is 1. The minimum Gasteiger partial charge on any atom is -0.495 e. The van der Waals surface area contributed by atoms with E-state index in [1.165, 1.54) is 11.3 Å². The number of nitrogens with zero attached hydrogens (tertiary/aromatic N) is 2. The molecule has 0 unspecified atom stereocenters. The molecule has 0 spiro atoms. The highest BCUT2D eigenvalue weighted by Gasteiger charge is 2.29. The molecule has 5 nitrogen and oxygen atoms in total. The largest absolute Gasteiger partial charge is 0.495 e. The second-order valence-electron chi connectivity index (χ2n) is 6.79. The van der Waals surface area contributed by atoms with Crippen LogP contribution in [0.4, 0.5) is 0 Å². The second-order valence-corrected chi connectivity index (χ2v) is 7.71. The number of β-amino-alcohol motifs (C(OH)–C–C–N with tert-alkyl or cyclic N) is 1. The number of thiophene rings is 1. The van der Waals surface area contributed by atoms with Gasteiger partial charge >= 0.3 is 0 Å². The molecule has 0 aliphatic carbocycles. The number of ether oxygens (including phenoxy) is 1. The van der Waals surface area contributed by atoms with E-state index in [-0.39, 0.29) is 17.4 Å². The van der Waals surface area contributed by atoms with E-state index in [9.17, 15) is 9.90 Å². The predicted molar refractivity (Wildman–Crippen MR) is 88.7 cm³/mol. The molecule has 1 aliphatic rings. The molecule has 1 fully saturated rings. The van der Waals surface area contributed by atoms with Crippen LogP contribution in [0.1, 0.15) is 30.4 Å². The Kier molecular flexibility index (Phi) is 5.47. The summed E-state index contributed by atoms with van der Waals surface area (Å²) in [5.41, 5.74) is -0.114. The van der Waals surface area contributed by atoms with Gasteiger partial charge in [-0.25, -0.2) is 0 Å². The standard InChI is InChI=1S/C16H26N2O3S/c1-16(2,3)13(19)11-17-6-8-18(9-7-17)15(20)14-12(21-4)5-10-22-14/h5,10,13,19H,6-9,11H2,1-4H3/t13-/m0/s1. The van der Waals surface area contributed by atoms with E-state index >= 15 is 0 Å². The first-order valence-corrected chi connectivity index (χ1v) is 8.52. The molecule has 2 rings (SSSR count). The van der Waals surface area contributed by atoms with Gasteiger partial charge < -0.3 is 14.7 Å². The molecule has 1 aromatic heterocycles. The molecule has 1 N–H and O–H groups in total. The van der Waals surface area contributed by atoms with E-state index < -0.39 is 0 Å². The Bertz CT molecular complexity index is 502. The van der Waals surface area contributed by atoms with Crippen LogP contribution in [0.2, 0.25) is 0 Å². The molecule has 0 bridgehead atoms. The summed E-state index contributed by atoms with van der Waals surface area (Å²) < 4.78 is 5.23. The third-order valence-corrected chi connectivity index (χ3v) is 5.02. The Morgan fingerprint density at radius 1 is 1.36 bits per heavy atom. The molecule has 1 atom stereocenters. The molecular formula is C16H26N2O3S. The monoisotopic (exact) mass is 326 g/mol. The van der Waals surface area contributed by atoms with Crippen LogP contribution < -0.4 is 4.74 Å². The van der Waals surface area contributed by atoms with Gasteiger partial charge in [-0.3, -0.25) is 9.69 Å². The Morgan fingerprint density at radius 2 is 2.00 bits per heavy atom. The van der Waals surface area contributed by atoms with E-state index in [2.05, 4.69) is 4.90 Å². The van der Waals surface area contributed by atoms with E-state index in [1.807, 2.05) is 37.1 Å². The zero-order chi connectivity index (χ0) is 16.3. The number of rotatable bonds is 4. The molecule has 1 aliphatic heterocycles. The normalized spacial score (nSPS) is 18.3. The maximum Gasteiger partial charge on any atom is 0.267 e. The first kappa shape index (κ1) is 17.2. The van der Waals surface area contributed by atoms with Gasteiger partial charge in [0, 0.05) is 32.7 Å². The number of carbonyl (C=O) groups excluding carboxylic acids is 1.